The van der Waals surface area contributed by atoms with Crippen molar-refractivity contribution in [3.05, 3.63) is 0 Å². The number of carbonyl (C=O) groups excluding carboxylic acids is 1. The van der Waals surface area contributed by atoms with Crippen molar-refractivity contribution in [2.75, 3.05) is 26.3 Å². The van der Waals surface area contributed by atoms with E-state index in [-0.39, 0.29) is 11.8 Å². The van der Waals surface area contributed by atoms with Crippen LogP contribution in [0.3, 0.4) is 0 Å². The van der Waals surface area contributed by atoms with Gasteiger partial charge < -0.3 is 15.8 Å². The minimum Gasteiger partial charge on any atom is -0.379 e. The minimum atomic E-state index is 0.0000914. The van der Waals surface area contributed by atoms with E-state index >= 15 is 0 Å². The van der Waals surface area contributed by atoms with Gasteiger partial charge in [0, 0.05) is 19.1 Å². The van der Waals surface area contributed by atoms with Crippen LogP contribution in [-0.2, 0) is 9.53 Å². The molecule has 4 heteroatoms. The largest absolute Gasteiger partial charge is 0.379 e. The van der Waals surface area contributed by atoms with Crippen molar-refractivity contribution < 1.29 is 9.53 Å². The highest BCUT2D eigenvalue weighted by atomic mass is 16.5. The Morgan fingerprint density at radius 3 is 2.60 bits per heavy atom. The van der Waals surface area contributed by atoms with Crippen molar-refractivity contribution in [2.24, 2.45) is 17.6 Å². The zero-order chi connectivity index (χ0) is 11.7. The van der Waals surface area contributed by atoms with E-state index in [2.05, 4.69) is 19.2 Å². The molecule has 0 aromatic heterocycles. The van der Waals surface area contributed by atoms with Crippen LogP contribution < -0.4 is 11.1 Å². The highest BCUT2D eigenvalue weighted by Crippen LogP contribution is 1.99. The third-order valence-electron chi connectivity index (χ3n) is 2.04. The number of hydrogen-bond acceptors (Lipinski definition) is 3. The highest BCUT2D eigenvalue weighted by Gasteiger charge is 2.10. The zero-order valence-electron chi connectivity index (χ0n) is 10.1. The topological polar surface area (TPSA) is 64.3 Å². The normalized spacial score (nSPS) is 12.9. The number of hydrogen-bond donors (Lipinski definition) is 2. The predicted octanol–water partition coefficient (Wildman–Crippen LogP) is 0.760. The van der Waals surface area contributed by atoms with Gasteiger partial charge in [0.15, 0.2) is 0 Å². The molecular weight excluding hydrogens is 192 g/mol. The van der Waals surface area contributed by atoms with Crippen LogP contribution in [0, 0.1) is 11.8 Å². The van der Waals surface area contributed by atoms with Crippen LogP contribution in [0.4, 0.5) is 0 Å². The van der Waals surface area contributed by atoms with Crippen molar-refractivity contribution in [1.29, 1.82) is 0 Å². The summed E-state index contributed by atoms with van der Waals surface area (Å²) in [7, 11) is 0. The van der Waals surface area contributed by atoms with Crippen LogP contribution in [0.25, 0.3) is 0 Å². The summed E-state index contributed by atoms with van der Waals surface area (Å²) in [5.41, 5.74) is 5.37. The molecule has 0 aromatic rings. The Kier molecular flexibility index (Phi) is 8.33. The molecule has 0 aromatic carbocycles. The van der Waals surface area contributed by atoms with Crippen LogP contribution >= 0.6 is 0 Å². The highest BCUT2D eigenvalue weighted by molar-refractivity contribution is 5.78. The Morgan fingerprint density at radius 1 is 1.40 bits per heavy atom. The van der Waals surface area contributed by atoms with E-state index in [1.54, 1.807) is 0 Å². The molecule has 0 aliphatic carbocycles. The standard InChI is InChI=1S/C11H24N2O2/c1-9(2)8-15-7-6-13-11(14)10(3)4-5-12/h9-10H,4-8,12H2,1-3H3,(H,13,14). The first-order valence-electron chi connectivity index (χ1n) is 5.63. The summed E-state index contributed by atoms with van der Waals surface area (Å²) in [6.45, 7) is 8.55. The van der Waals surface area contributed by atoms with Crippen molar-refractivity contribution in [3.63, 3.8) is 0 Å². The molecule has 0 rings (SSSR count). The maximum Gasteiger partial charge on any atom is 0.222 e. The molecule has 0 heterocycles. The molecule has 3 N–H and O–H groups in total. The maximum atomic E-state index is 11.4. The monoisotopic (exact) mass is 216 g/mol. The average Bonchev–Trinajstić information content (AvgIpc) is 2.16. The summed E-state index contributed by atoms with van der Waals surface area (Å²) in [5, 5.41) is 2.82. The Hall–Kier alpha value is -0.610. The van der Waals surface area contributed by atoms with Crippen molar-refractivity contribution >= 4 is 5.91 Å². The summed E-state index contributed by atoms with van der Waals surface area (Å²) in [6.07, 6.45) is 0.735. The molecule has 90 valence electrons. The van der Waals surface area contributed by atoms with Crippen LogP contribution in [0.5, 0.6) is 0 Å². The van der Waals surface area contributed by atoms with Crippen LogP contribution in [0.1, 0.15) is 27.2 Å². The molecule has 0 bridgehead atoms. The summed E-state index contributed by atoms with van der Waals surface area (Å²) in [5.74, 6) is 0.602. The summed E-state index contributed by atoms with van der Waals surface area (Å²) < 4.78 is 5.35. The van der Waals surface area contributed by atoms with Gasteiger partial charge >= 0.3 is 0 Å². The molecule has 0 saturated heterocycles. The van der Waals surface area contributed by atoms with Crippen molar-refractivity contribution in [3.8, 4) is 0 Å². The Labute approximate surface area is 92.6 Å². The molecule has 0 aliphatic heterocycles. The molecule has 0 fully saturated rings. The summed E-state index contributed by atoms with van der Waals surface area (Å²) in [4.78, 5) is 11.4. The van der Waals surface area contributed by atoms with Gasteiger partial charge in [0.05, 0.1) is 6.61 Å². The molecule has 0 saturated carbocycles. The molecule has 15 heavy (non-hydrogen) atoms. The van der Waals surface area contributed by atoms with Crippen LogP contribution in [-0.4, -0.2) is 32.2 Å². The Morgan fingerprint density at radius 2 is 2.07 bits per heavy atom. The van der Waals surface area contributed by atoms with Gasteiger partial charge in [0.25, 0.3) is 0 Å². The fraction of sp³-hybridized carbons (Fsp3) is 0.909. The second-order valence-corrected chi connectivity index (χ2v) is 4.24. The van der Waals surface area contributed by atoms with Gasteiger partial charge in [-0.2, -0.15) is 0 Å². The van der Waals surface area contributed by atoms with Crippen LogP contribution in [0.15, 0.2) is 0 Å². The third kappa shape index (κ3) is 8.39. The van der Waals surface area contributed by atoms with Crippen molar-refractivity contribution in [2.45, 2.75) is 27.2 Å². The van der Waals surface area contributed by atoms with E-state index < -0.39 is 0 Å². The lowest BCUT2D eigenvalue weighted by Gasteiger charge is -2.11. The quantitative estimate of drug-likeness (QED) is 0.589. The predicted molar refractivity (Wildman–Crippen MR) is 61.5 cm³/mol. The van der Waals surface area contributed by atoms with E-state index in [1.807, 2.05) is 6.92 Å². The van der Waals surface area contributed by atoms with E-state index in [0.29, 0.717) is 25.6 Å². The molecule has 0 radical (unpaired) electrons. The first-order chi connectivity index (χ1) is 7.07. The number of amides is 1. The molecular formula is C11H24N2O2. The number of nitrogens with one attached hydrogen (secondary N) is 1. The first-order valence-corrected chi connectivity index (χ1v) is 5.63. The molecule has 0 aliphatic rings. The van der Waals surface area contributed by atoms with Crippen LogP contribution in [0.2, 0.25) is 0 Å². The number of carbonyl (C=O) groups is 1. The van der Waals surface area contributed by atoms with Gasteiger partial charge in [-0.15, -0.1) is 0 Å². The van der Waals surface area contributed by atoms with E-state index in [4.69, 9.17) is 10.5 Å². The lowest BCUT2D eigenvalue weighted by atomic mass is 10.1. The minimum absolute atomic E-state index is 0.0000914. The summed E-state index contributed by atoms with van der Waals surface area (Å²) >= 11 is 0. The first kappa shape index (κ1) is 14.4. The SMILES string of the molecule is CC(C)COCCNC(=O)C(C)CCN. The third-order valence-corrected chi connectivity index (χ3v) is 2.04. The molecule has 1 unspecified atom stereocenters. The van der Waals surface area contributed by atoms with Crippen molar-refractivity contribution in [1.82, 2.24) is 5.32 Å². The molecule has 0 spiro atoms. The van der Waals surface area contributed by atoms with E-state index in [1.165, 1.54) is 0 Å². The smallest absolute Gasteiger partial charge is 0.222 e. The number of nitrogens with two attached hydrogens (primary N) is 1. The maximum absolute atomic E-state index is 11.4. The van der Waals surface area contributed by atoms with Gasteiger partial charge in [0.2, 0.25) is 5.91 Å². The molecule has 1 atom stereocenters. The van der Waals surface area contributed by atoms with E-state index in [0.717, 1.165) is 13.0 Å². The van der Waals surface area contributed by atoms with Gasteiger partial charge in [-0.05, 0) is 18.9 Å². The fourth-order valence-electron chi connectivity index (χ4n) is 1.12. The van der Waals surface area contributed by atoms with E-state index in [9.17, 15) is 4.79 Å². The van der Waals surface area contributed by atoms with Gasteiger partial charge in [-0.3, -0.25) is 4.79 Å². The number of ether oxygens (including phenoxy) is 1. The average molecular weight is 216 g/mol. The lowest BCUT2D eigenvalue weighted by Crippen LogP contribution is -2.33. The van der Waals surface area contributed by atoms with Gasteiger partial charge in [0.1, 0.15) is 0 Å². The second kappa shape index (κ2) is 8.68. The van der Waals surface area contributed by atoms with Gasteiger partial charge in [-0.25, -0.2) is 0 Å². The molecule has 1 amide bonds. The lowest BCUT2D eigenvalue weighted by molar-refractivity contribution is -0.124. The summed E-state index contributed by atoms with van der Waals surface area (Å²) in [6, 6.07) is 0. The Bertz CT molecular complexity index is 172. The Balaban J connectivity index is 3.38. The zero-order valence-corrected chi connectivity index (χ0v) is 10.1. The van der Waals surface area contributed by atoms with Gasteiger partial charge in [-0.1, -0.05) is 20.8 Å². The molecule has 4 nitrogen and oxygen atoms in total. The second-order valence-electron chi connectivity index (χ2n) is 4.24. The fourth-order valence-corrected chi connectivity index (χ4v) is 1.12. The number of rotatable bonds is 8.